The Hall–Kier alpha value is 0.0569. The summed E-state index contributed by atoms with van der Waals surface area (Å²) >= 11 is 0. The number of rotatable bonds is 5. The molecule has 1 N–H and O–H groups in total. The Morgan fingerprint density at radius 2 is 1.96 bits per heavy atom. The molecular weight excluding hydrogens is 308 g/mol. The van der Waals surface area contributed by atoms with Crippen LogP contribution in [0.3, 0.4) is 0 Å². The summed E-state index contributed by atoms with van der Waals surface area (Å²) in [4.78, 5) is 0. The van der Waals surface area contributed by atoms with E-state index >= 15 is 0 Å². The lowest BCUT2D eigenvalue weighted by Crippen LogP contribution is -2.43. The maximum absolute atomic E-state index is 10.3. The molecule has 1 saturated heterocycles. The number of aliphatic hydroxyl groups is 1. The van der Waals surface area contributed by atoms with Crippen LogP contribution in [-0.2, 0) is 13.9 Å². The molecule has 23 heavy (non-hydrogen) atoms. The van der Waals surface area contributed by atoms with Gasteiger partial charge >= 0.3 is 0 Å². The van der Waals surface area contributed by atoms with Gasteiger partial charge in [-0.05, 0) is 37.4 Å². The van der Waals surface area contributed by atoms with Gasteiger partial charge in [-0.1, -0.05) is 27.7 Å². The van der Waals surface area contributed by atoms with Gasteiger partial charge in [0.05, 0.1) is 12.2 Å². The van der Waals surface area contributed by atoms with E-state index in [4.69, 9.17) is 13.9 Å². The molecule has 1 aliphatic carbocycles. The highest BCUT2D eigenvalue weighted by atomic mass is 28.4. The predicted octanol–water partition coefficient (Wildman–Crippen LogP) is 3.90. The molecule has 1 saturated carbocycles. The Morgan fingerprint density at radius 3 is 2.52 bits per heavy atom. The first kappa shape index (κ1) is 19.4. The summed E-state index contributed by atoms with van der Waals surface area (Å²) in [7, 11) is -1.79. The topological polar surface area (TPSA) is 47.9 Å². The smallest absolute Gasteiger partial charge is 0.191 e. The third kappa shape index (κ3) is 4.79. The third-order valence-electron chi connectivity index (χ3n) is 5.91. The quantitative estimate of drug-likeness (QED) is 0.769. The zero-order chi connectivity index (χ0) is 17.3. The normalized spacial score (nSPS) is 34.0. The average Bonchev–Trinajstić information content (AvgIpc) is 2.71. The van der Waals surface area contributed by atoms with E-state index < -0.39 is 8.32 Å². The standard InChI is InChI=1S/C18H35O4Si/c1-13-14(12-21-23(5,6)18(2,3)4)16(11-15(13)19)22-17-9-7-8-10-20-17/h14-17,19H,7-12H2,1-6H3/t14-,15+,16-,17?/m1/s1. The summed E-state index contributed by atoms with van der Waals surface area (Å²) in [6.45, 7) is 14.8. The molecular formula is C18H35O4Si. The first-order valence-corrected chi connectivity index (χ1v) is 11.9. The first-order valence-electron chi connectivity index (χ1n) is 9.04. The zero-order valence-corrected chi connectivity index (χ0v) is 16.7. The van der Waals surface area contributed by atoms with Gasteiger partial charge in [0.25, 0.3) is 0 Å². The van der Waals surface area contributed by atoms with Crippen LogP contribution in [0.5, 0.6) is 0 Å². The van der Waals surface area contributed by atoms with Crippen LogP contribution in [0, 0.1) is 11.8 Å². The molecule has 4 atom stereocenters. The highest BCUT2D eigenvalue weighted by molar-refractivity contribution is 6.74. The maximum Gasteiger partial charge on any atom is 0.191 e. The number of aliphatic hydroxyl groups excluding tert-OH is 1. The monoisotopic (exact) mass is 343 g/mol. The highest BCUT2D eigenvalue weighted by Crippen LogP contribution is 2.41. The lowest BCUT2D eigenvalue weighted by Gasteiger charge is -2.38. The molecule has 0 aromatic rings. The molecule has 0 amide bonds. The molecule has 2 rings (SSSR count). The van der Waals surface area contributed by atoms with Gasteiger partial charge in [0.2, 0.25) is 0 Å². The number of hydrogen-bond acceptors (Lipinski definition) is 4. The van der Waals surface area contributed by atoms with E-state index in [9.17, 15) is 5.11 Å². The molecule has 5 heteroatoms. The molecule has 0 bridgehead atoms. The van der Waals surface area contributed by atoms with Crippen LogP contribution in [0.4, 0.5) is 0 Å². The summed E-state index contributed by atoms with van der Waals surface area (Å²) in [5, 5.41) is 10.5. The minimum Gasteiger partial charge on any atom is -0.416 e. The van der Waals surface area contributed by atoms with E-state index in [0.717, 1.165) is 31.8 Å². The maximum atomic E-state index is 10.3. The van der Waals surface area contributed by atoms with Crippen molar-refractivity contribution in [3.05, 3.63) is 5.92 Å². The van der Waals surface area contributed by atoms with Crippen LogP contribution in [0.1, 0.15) is 53.4 Å². The van der Waals surface area contributed by atoms with E-state index in [1.54, 1.807) is 0 Å². The highest BCUT2D eigenvalue weighted by Gasteiger charge is 2.45. The van der Waals surface area contributed by atoms with Crippen molar-refractivity contribution in [2.24, 2.45) is 5.92 Å². The van der Waals surface area contributed by atoms with Crippen LogP contribution in [-0.4, -0.2) is 45.1 Å². The molecule has 4 nitrogen and oxygen atoms in total. The van der Waals surface area contributed by atoms with E-state index in [1.165, 1.54) is 0 Å². The van der Waals surface area contributed by atoms with Crippen LogP contribution in [0.15, 0.2) is 0 Å². The van der Waals surface area contributed by atoms with Crippen molar-refractivity contribution in [1.82, 2.24) is 0 Å². The predicted molar refractivity (Wildman–Crippen MR) is 94.6 cm³/mol. The van der Waals surface area contributed by atoms with Gasteiger partial charge in [0.1, 0.15) is 0 Å². The largest absolute Gasteiger partial charge is 0.416 e. The van der Waals surface area contributed by atoms with Gasteiger partial charge in [0.15, 0.2) is 14.6 Å². The minimum absolute atomic E-state index is 0.0119. The fraction of sp³-hybridized carbons (Fsp3) is 0.944. The number of hydrogen-bond donors (Lipinski definition) is 1. The summed E-state index contributed by atoms with van der Waals surface area (Å²) in [6, 6.07) is 0. The van der Waals surface area contributed by atoms with Crippen LogP contribution in [0.25, 0.3) is 0 Å². The summed E-state index contributed by atoms with van der Waals surface area (Å²) in [5.74, 6) is 1.27. The SMILES string of the molecule is C[C]1[C@@H](CO[Si](C)(C)C(C)(C)C)[C@H](OC2CCCCO2)C[C@@H]1O. The van der Waals surface area contributed by atoms with Crippen LogP contribution < -0.4 is 0 Å². The summed E-state index contributed by atoms with van der Waals surface area (Å²) in [6.07, 6.45) is 3.43. The van der Waals surface area contributed by atoms with Crippen molar-refractivity contribution < 1.29 is 19.0 Å². The van der Waals surface area contributed by atoms with E-state index in [1.807, 2.05) is 6.92 Å². The number of ether oxygens (including phenoxy) is 2. The van der Waals surface area contributed by atoms with E-state index in [-0.39, 0.29) is 29.5 Å². The molecule has 0 aromatic heterocycles. The molecule has 1 unspecified atom stereocenters. The van der Waals surface area contributed by atoms with Gasteiger partial charge < -0.3 is 19.0 Å². The van der Waals surface area contributed by atoms with Gasteiger partial charge in [0, 0.05) is 31.5 Å². The Labute approximate surface area is 143 Å². The third-order valence-corrected chi connectivity index (χ3v) is 10.4. The second kappa shape index (κ2) is 7.52. The van der Waals surface area contributed by atoms with Gasteiger partial charge in [-0.25, -0.2) is 0 Å². The fourth-order valence-electron chi connectivity index (χ4n) is 3.03. The van der Waals surface area contributed by atoms with Crippen molar-refractivity contribution in [1.29, 1.82) is 0 Å². The summed E-state index contributed by atoms with van der Waals surface area (Å²) < 4.78 is 18.3. The van der Waals surface area contributed by atoms with Crippen LogP contribution >= 0.6 is 0 Å². The second-order valence-corrected chi connectivity index (χ2v) is 13.5. The molecule has 0 aromatic carbocycles. The van der Waals surface area contributed by atoms with Crippen molar-refractivity contribution >= 4 is 8.32 Å². The summed E-state index contributed by atoms with van der Waals surface area (Å²) in [5.41, 5.74) is 0. The molecule has 1 radical (unpaired) electrons. The van der Waals surface area contributed by atoms with Gasteiger partial charge in [-0.3, -0.25) is 0 Å². The first-order chi connectivity index (χ1) is 10.6. The van der Waals surface area contributed by atoms with E-state index in [2.05, 4.69) is 33.9 Å². The Morgan fingerprint density at radius 1 is 1.26 bits per heavy atom. The lowest BCUT2D eigenvalue weighted by molar-refractivity contribution is -0.196. The second-order valence-electron chi connectivity index (χ2n) is 8.64. The molecule has 1 heterocycles. The fourth-order valence-corrected chi connectivity index (χ4v) is 4.06. The minimum atomic E-state index is -1.79. The van der Waals surface area contributed by atoms with Crippen molar-refractivity contribution in [3.63, 3.8) is 0 Å². The van der Waals surface area contributed by atoms with Crippen molar-refractivity contribution in [2.45, 2.75) is 90.0 Å². The lowest BCUT2D eigenvalue weighted by atomic mass is 9.97. The molecule has 1 aliphatic heterocycles. The van der Waals surface area contributed by atoms with Gasteiger partial charge in [-0.2, -0.15) is 0 Å². The zero-order valence-electron chi connectivity index (χ0n) is 15.7. The molecule has 135 valence electrons. The molecule has 2 fully saturated rings. The Bertz CT molecular complexity index is 374. The molecule has 0 spiro atoms. The van der Waals surface area contributed by atoms with Crippen LogP contribution in [0.2, 0.25) is 18.1 Å². The van der Waals surface area contributed by atoms with E-state index in [0.29, 0.717) is 13.0 Å². The Kier molecular flexibility index (Phi) is 6.34. The van der Waals surface area contributed by atoms with Crippen molar-refractivity contribution in [2.75, 3.05) is 13.2 Å². The van der Waals surface area contributed by atoms with Gasteiger partial charge in [-0.15, -0.1) is 0 Å². The molecule has 2 aliphatic rings. The van der Waals surface area contributed by atoms with Crippen molar-refractivity contribution in [3.8, 4) is 0 Å². The average molecular weight is 344 g/mol. The Balaban J connectivity index is 1.95.